The topological polar surface area (TPSA) is 78.3 Å². The maximum atomic E-state index is 12.5. The fourth-order valence-corrected chi connectivity index (χ4v) is 4.09. The van der Waals surface area contributed by atoms with Gasteiger partial charge in [-0.2, -0.15) is 5.10 Å². The van der Waals surface area contributed by atoms with Crippen molar-refractivity contribution >= 4 is 16.5 Å². The Hall–Kier alpha value is -2.71. The van der Waals surface area contributed by atoms with Crippen molar-refractivity contribution in [3.05, 3.63) is 57.3 Å². The molecular formula is C20H22N4O3S. The summed E-state index contributed by atoms with van der Waals surface area (Å²) in [5, 5.41) is 8.88. The Morgan fingerprint density at radius 2 is 2.11 bits per heavy atom. The monoisotopic (exact) mass is 398 g/mol. The van der Waals surface area contributed by atoms with Crippen LogP contribution in [0.2, 0.25) is 0 Å². The average molecular weight is 398 g/mol. The molecule has 0 bridgehead atoms. The Bertz CT molecular complexity index is 1030. The highest BCUT2D eigenvalue weighted by atomic mass is 32.1. The lowest BCUT2D eigenvalue weighted by atomic mass is 10.1. The highest BCUT2D eigenvalue weighted by Crippen LogP contribution is 2.27. The van der Waals surface area contributed by atoms with E-state index in [1.807, 2.05) is 38.1 Å². The number of aromatic nitrogens is 3. The molecule has 0 aliphatic carbocycles. The van der Waals surface area contributed by atoms with Crippen LogP contribution in [0.5, 0.6) is 5.75 Å². The van der Waals surface area contributed by atoms with E-state index in [2.05, 4.69) is 15.4 Å². The van der Waals surface area contributed by atoms with Crippen LogP contribution in [0.25, 0.3) is 11.3 Å². The molecule has 0 amide bonds. The standard InChI is InChI=1S/C20H22N4O3S/c1-12-13(2)28-20(21-12)22-17-10-27-11-18(17)24-19(25)8-7-16(23-24)14-5-4-6-15(9-14)26-3/h4-9,17-18H,10-11H2,1-3H3,(H,21,22). The summed E-state index contributed by atoms with van der Waals surface area (Å²) >= 11 is 1.61. The molecule has 1 saturated heterocycles. The van der Waals surface area contributed by atoms with Crippen molar-refractivity contribution in [2.45, 2.75) is 25.9 Å². The maximum absolute atomic E-state index is 12.5. The lowest BCUT2D eigenvalue weighted by molar-refractivity contribution is 0.183. The van der Waals surface area contributed by atoms with Crippen LogP contribution in [0.3, 0.4) is 0 Å². The van der Waals surface area contributed by atoms with Crippen LogP contribution in [0.4, 0.5) is 5.13 Å². The number of nitrogens with one attached hydrogen (secondary N) is 1. The molecule has 28 heavy (non-hydrogen) atoms. The van der Waals surface area contributed by atoms with Crippen molar-refractivity contribution in [3.63, 3.8) is 0 Å². The lowest BCUT2D eigenvalue weighted by Gasteiger charge is -2.20. The third-order valence-corrected chi connectivity index (χ3v) is 5.90. The Kier molecular flexibility index (Phi) is 5.15. The molecule has 3 heterocycles. The lowest BCUT2D eigenvalue weighted by Crippen LogP contribution is -2.37. The average Bonchev–Trinajstić information content (AvgIpc) is 3.28. The van der Waals surface area contributed by atoms with Crippen molar-refractivity contribution in [1.82, 2.24) is 14.8 Å². The molecule has 0 spiro atoms. The van der Waals surface area contributed by atoms with Crippen molar-refractivity contribution in [2.24, 2.45) is 0 Å². The van der Waals surface area contributed by atoms with Crippen molar-refractivity contribution < 1.29 is 9.47 Å². The Balaban J connectivity index is 1.64. The van der Waals surface area contributed by atoms with Gasteiger partial charge in [0.2, 0.25) is 0 Å². The molecule has 1 aromatic carbocycles. The van der Waals surface area contributed by atoms with Gasteiger partial charge in [0, 0.05) is 16.5 Å². The molecule has 7 nitrogen and oxygen atoms in total. The van der Waals surface area contributed by atoms with Crippen molar-refractivity contribution in [1.29, 1.82) is 0 Å². The third-order valence-electron chi connectivity index (χ3n) is 4.89. The Labute approximate surface area is 167 Å². The first kappa shape index (κ1) is 18.6. The Morgan fingerprint density at radius 3 is 2.86 bits per heavy atom. The number of benzene rings is 1. The van der Waals surface area contributed by atoms with E-state index >= 15 is 0 Å². The second-order valence-electron chi connectivity index (χ2n) is 6.75. The zero-order valence-electron chi connectivity index (χ0n) is 16.0. The summed E-state index contributed by atoms with van der Waals surface area (Å²) in [7, 11) is 1.63. The Morgan fingerprint density at radius 1 is 1.25 bits per heavy atom. The van der Waals surface area contributed by atoms with Crippen LogP contribution in [0.1, 0.15) is 16.6 Å². The molecule has 0 radical (unpaired) electrons. The van der Waals surface area contributed by atoms with E-state index in [9.17, 15) is 4.79 Å². The van der Waals surface area contributed by atoms with Gasteiger partial charge in [-0.1, -0.05) is 12.1 Å². The summed E-state index contributed by atoms with van der Waals surface area (Å²) < 4.78 is 12.5. The molecule has 2 atom stereocenters. The molecule has 4 rings (SSSR count). The van der Waals surface area contributed by atoms with Crippen LogP contribution >= 0.6 is 11.3 Å². The first-order chi connectivity index (χ1) is 13.5. The predicted octanol–water partition coefficient (Wildman–Crippen LogP) is 3.04. The molecule has 1 aliphatic rings. The zero-order valence-corrected chi connectivity index (χ0v) is 16.8. The minimum Gasteiger partial charge on any atom is -0.497 e. The molecule has 1 aliphatic heterocycles. The number of nitrogens with zero attached hydrogens (tertiary/aromatic N) is 3. The fraction of sp³-hybridized carbons (Fsp3) is 0.350. The summed E-state index contributed by atoms with van der Waals surface area (Å²) in [6.07, 6.45) is 0. The minimum absolute atomic E-state index is 0.0734. The van der Waals surface area contributed by atoms with Crippen LogP contribution in [-0.4, -0.2) is 41.1 Å². The van der Waals surface area contributed by atoms with Crippen molar-refractivity contribution in [3.8, 4) is 17.0 Å². The van der Waals surface area contributed by atoms with Gasteiger partial charge in [-0.25, -0.2) is 9.67 Å². The van der Waals surface area contributed by atoms with Crippen LogP contribution in [-0.2, 0) is 4.74 Å². The van der Waals surface area contributed by atoms with E-state index in [1.54, 1.807) is 30.6 Å². The van der Waals surface area contributed by atoms with Gasteiger partial charge in [-0.3, -0.25) is 4.79 Å². The van der Waals surface area contributed by atoms with Crippen LogP contribution < -0.4 is 15.6 Å². The summed E-state index contributed by atoms with van der Waals surface area (Å²) in [5.41, 5.74) is 2.46. The van der Waals surface area contributed by atoms with E-state index in [1.165, 1.54) is 9.56 Å². The van der Waals surface area contributed by atoms with Gasteiger partial charge < -0.3 is 14.8 Å². The number of rotatable bonds is 5. The molecule has 3 aromatic rings. The highest BCUT2D eigenvalue weighted by Gasteiger charge is 2.32. The first-order valence-corrected chi connectivity index (χ1v) is 9.89. The second-order valence-corrected chi connectivity index (χ2v) is 7.95. The first-order valence-electron chi connectivity index (χ1n) is 9.08. The minimum atomic E-state index is -0.206. The molecular weight excluding hydrogens is 376 g/mol. The number of thiazole rings is 1. The van der Waals surface area contributed by atoms with Gasteiger partial charge in [0.25, 0.3) is 5.56 Å². The molecule has 2 aromatic heterocycles. The maximum Gasteiger partial charge on any atom is 0.267 e. The number of aryl methyl sites for hydroxylation is 2. The van der Waals surface area contributed by atoms with Gasteiger partial charge in [0.05, 0.1) is 37.8 Å². The second kappa shape index (κ2) is 7.73. The van der Waals surface area contributed by atoms with Crippen molar-refractivity contribution in [2.75, 3.05) is 25.6 Å². The normalized spacial score (nSPS) is 19.0. The summed E-state index contributed by atoms with van der Waals surface area (Å²) in [6, 6.07) is 10.6. The number of hydrogen-bond donors (Lipinski definition) is 1. The van der Waals surface area contributed by atoms with Gasteiger partial charge in [0.1, 0.15) is 11.8 Å². The predicted molar refractivity (Wildman–Crippen MR) is 109 cm³/mol. The van der Waals surface area contributed by atoms with Crippen LogP contribution in [0.15, 0.2) is 41.2 Å². The molecule has 146 valence electrons. The quantitative estimate of drug-likeness (QED) is 0.712. The van der Waals surface area contributed by atoms with E-state index in [4.69, 9.17) is 9.47 Å². The summed E-state index contributed by atoms with van der Waals surface area (Å²) in [5.74, 6) is 0.746. The molecule has 0 saturated carbocycles. The van der Waals surface area contributed by atoms with E-state index in [0.717, 1.165) is 22.1 Å². The van der Waals surface area contributed by atoms with Gasteiger partial charge in [-0.15, -0.1) is 11.3 Å². The molecule has 8 heteroatoms. The summed E-state index contributed by atoms with van der Waals surface area (Å²) in [4.78, 5) is 18.3. The van der Waals surface area contributed by atoms with E-state index < -0.39 is 0 Å². The summed E-state index contributed by atoms with van der Waals surface area (Å²) in [6.45, 7) is 4.96. The van der Waals surface area contributed by atoms with E-state index in [-0.39, 0.29) is 17.6 Å². The SMILES string of the molecule is COc1cccc(-c2ccc(=O)n(C3COCC3Nc3nc(C)c(C)s3)n2)c1. The number of methoxy groups -OCH3 is 1. The van der Waals surface area contributed by atoms with Crippen LogP contribution in [0, 0.1) is 13.8 Å². The smallest absolute Gasteiger partial charge is 0.267 e. The highest BCUT2D eigenvalue weighted by molar-refractivity contribution is 7.15. The molecule has 2 unspecified atom stereocenters. The molecule has 1 N–H and O–H groups in total. The number of ether oxygens (including phenoxy) is 2. The van der Waals surface area contributed by atoms with Gasteiger partial charge >= 0.3 is 0 Å². The largest absolute Gasteiger partial charge is 0.497 e. The van der Waals surface area contributed by atoms with Gasteiger partial charge in [0.15, 0.2) is 5.13 Å². The molecule has 1 fully saturated rings. The zero-order chi connectivity index (χ0) is 19.7. The number of hydrogen-bond acceptors (Lipinski definition) is 7. The van der Waals surface area contributed by atoms with Gasteiger partial charge in [-0.05, 0) is 32.0 Å². The number of anilines is 1. The fourth-order valence-electron chi connectivity index (χ4n) is 3.21. The van der Waals surface area contributed by atoms with E-state index in [0.29, 0.717) is 18.9 Å². The third kappa shape index (κ3) is 3.65.